The maximum Gasteiger partial charge on any atom is 0.337 e. The Labute approximate surface area is 144 Å². The first-order valence-electron chi connectivity index (χ1n) is 6.79. The molecular weight excluding hydrogens is 350 g/mol. The van der Waals surface area contributed by atoms with Crippen LogP contribution >= 0.6 is 11.3 Å². The zero-order valence-electron chi connectivity index (χ0n) is 13.4. The second kappa shape index (κ2) is 7.02. The fraction of sp³-hybridized carbons (Fsp3) is 0.200. The fourth-order valence-corrected chi connectivity index (χ4v) is 4.03. The van der Waals surface area contributed by atoms with E-state index in [0.29, 0.717) is 10.4 Å². The van der Waals surface area contributed by atoms with Crippen LogP contribution in [-0.2, 0) is 14.8 Å². The largest absolute Gasteiger partial charge is 0.465 e. The molecule has 2 rings (SSSR count). The van der Waals surface area contributed by atoms with Gasteiger partial charge in [0.15, 0.2) is 0 Å². The van der Waals surface area contributed by atoms with Crippen LogP contribution in [0.1, 0.15) is 10.4 Å². The van der Waals surface area contributed by atoms with Crippen LogP contribution < -0.4 is 5.73 Å². The average molecular weight is 367 g/mol. The number of thiophene rings is 1. The molecule has 0 amide bonds. The molecule has 0 aliphatic heterocycles. The van der Waals surface area contributed by atoms with Gasteiger partial charge in [-0.15, -0.1) is 15.7 Å². The molecule has 0 aliphatic carbocycles. The Kier molecular flexibility index (Phi) is 5.25. The van der Waals surface area contributed by atoms with Crippen LogP contribution in [0.25, 0.3) is 10.4 Å². The number of esters is 1. The van der Waals surface area contributed by atoms with Crippen LogP contribution in [-0.4, -0.2) is 46.8 Å². The Morgan fingerprint density at radius 1 is 1.38 bits per heavy atom. The number of benzene rings is 1. The Hall–Kier alpha value is -2.39. The molecular formula is C15H17N3O4S2. The number of methoxy groups -OCH3 is 1. The van der Waals surface area contributed by atoms with E-state index in [1.54, 1.807) is 26.2 Å². The lowest BCUT2D eigenvalue weighted by molar-refractivity contribution is 0.0600. The highest BCUT2D eigenvalue weighted by molar-refractivity contribution is 7.90. The van der Waals surface area contributed by atoms with E-state index in [2.05, 4.69) is 9.13 Å². The van der Waals surface area contributed by atoms with Gasteiger partial charge in [-0.3, -0.25) is 0 Å². The maximum atomic E-state index is 12.6. The smallest absolute Gasteiger partial charge is 0.337 e. The molecule has 9 heteroatoms. The number of rotatable bonds is 5. The van der Waals surface area contributed by atoms with Crippen molar-refractivity contribution < 1.29 is 17.9 Å². The van der Waals surface area contributed by atoms with Gasteiger partial charge in [0.05, 0.1) is 12.7 Å². The molecule has 1 aromatic heterocycles. The van der Waals surface area contributed by atoms with Gasteiger partial charge in [0.25, 0.3) is 10.0 Å². The van der Waals surface area contributed by atoms with Crippen molar-refractivity contribution in [1.82, 2.24) is 4.90 Å². The minimum Gasteiger partial charge on any atom is -0.465 e. The van der Waals surface area contributed by atoms with Gasteiger partial charge < -0.3 is 15.4 Å². The Balaban J connectivity index is 2.75. The summed E-state index contributed by atoms with van der Waals surface area (Å²) >= 11 is 1.34. The number of nitrogens with two attached hydrogens (primary N) is 1. The molecule has 128 valence electrons. The van der Waals surface area contributed by atoms with Crippen molar-refractivity contribution in [3.8, 4) is 10.4 Å². The minimum absolute atomic E-state index is 0.0499. The molecule has 0 bridgehead atoms. The number of carbonyl (C=O) groups excluding carboxylic acids is 1. The molecule has 2 N–H and O–H groups in total. The number of nitrogens with zero attached hydrogens (tertiary/aromatic N) is 2. The summed E-state index contributed by atoms with van der Waals surface area (Å²) in [6, 6.07) is 6.17. The molecule has 0 saturated heterocycles. The third kappa shape index (κ3) is 3.74. The van der Waals surface area contributed by atoms with Crippen LogP contribution in [0.15, 0.2) is 38.9 Å². The van der Waals surface area contributed by atoms with Crippen molar-refractivity contribution in [3.05, 3.63) is 35.2 Å². The molecule has 1 aromatic carbocycles. The Morgan fingerprint density at radius 3 is 2.62 bits per heavy atom. The molecule has 2 aromatic rings. The van der Waals surface area contributed by atoms with Crippen molar-refractivity contribution in [3.63, 3.8) is 0 Å². The third-order valence-corrected chi connectivity index (χ3v) is 5.15. The minimum atomic E-state index is -4.05. The molecule has 0 spiro atoms. The highest BCUT2D eigenvalue weighted by Crippen LogP contribution is 2.37. The summed E-state index contributed by atoms with van der Waals surface area (Å²) in [5.41, 5.74) is 6.57. The number of sulfonamides is 1. The number of anilines is 1. The van der Waals surface area contributed by atoms with E-state index in [9.17, 15) is 13.2 Å². The zero-order chi connectivity index (χ0) is 17.9. The molecule has 0 aliphatic rings. The van der Waals surface area contributed by atoms with Gasteiger partial charge >= 0.3 is 5.97 Å². The van der Waals surface area contributed by atoms with Crippen LogP contribution in [0.2, 0.25) is 0 Å². The highest BCUT2D eigenvalue weighted by Gasteiger charge is 2.24. The van der Waals surface area contributed by atoms with Gasteiger partial charge in [0.2, 0.25) is 0 Å². The predicted octanol–water partition coefficient (Wildman–Crippen LogP) is 2.06. The lowest BCUT2D eigenvalue weighted by Gasteiger charge is -2.12. The van der Waals surface area contributed by atoms with Crippen LogP contribution in [0.5, 0.6) is 0 Å². The van der Waals surface area contributed by atoms with Crippen molar-refractivity contribution in [2.45, 2.75) is 4.90 Å². The summed E-state index contributed by atoms with van der Waals surface area (Å²) < 4.78 is 33.6. The number of hydrogen-bond acceptors (Lipinski definition) is 6. The topological polar surface area (TPSA) is 102 Å². The number of carbonyl (C=O) groups is 1. The SMILES string of the molecule is COC(=O)c1cc(N)c(-c2cccs2)c(S(=O)(=O)N=CN(C)C)c1. The molecule has 0 fully saturated rings. The van der Waals surface area contributed by atoms with E-state index in [-0.39, 0.29) is 16.1 Å². The van der Waals surface area contributed by atoms with Gasteiger partial charge in [0.1, 0.15) is 11.2 Å². The normalized spacial score (nSPS) is 11.6. The average Bonchev–Trinajstić information content (AvgIpc) is 3.05. The van der Waals surface area contributed by atoms with Gasteiger partial charge in [0, 0.05) is 30.2 Å². The standard InChI is InChI=1S/C15H17N3O4S2/c1-18(2)9-17-24(20,21)13-8-10(15(19)22-3)7-11(16)14(13)12-5-4-6-23-12/h4-9H,16H2,1-3H3. The van der Waals surface area contributed by atoms with Crippen LogP contribution in [0.3, 0.4) is 0 Å². The Morgan fingerprint density at radius 2 is 2.08 bits per heavy atom. The monoisotopic (exact) mass is 367 g/mol. The third-order valence-electron chi connectivity index (χ3n) is 3.02. The van der Waals surface area contributed by atoms with Crippen LogP contribution in [0, 0.1) is 0 Å². The molecule has 0 unspecified atom stereocenters. The van der Waals surface area contributed by atoms with Gasteiger partial charge in [-0.1, -0.05) is 6.07 Å². The van der Waals surface area contributed by atoms with E-state index in [1.165, 1.54) is 41.8 Å². The van der Waals surface area contributed by atoms with Crippen molar-refractivity contribution in [2.75, 3.05) is 26.9 Å². The summed E-state index contributed by atoms with van der Waals surface area (Å²) in [5.74, 6) is -0.674. The van der Waals surface area contributed by atoms with Crippen molar-refractivity contribution in [2.24, 2.45) is 4.40 Å². The lowest BCUT2D eigenvalue weighted by atomic mass is 10.1. The molecule has 0 radical (unpaired) electrons. The van der Waals surface area contributed by atoms with Crippen molar-refractivity contribution in [1.29, 1.82) is 0 Å². The lowest BCUT2D eigenvalue weighted by Crippen LogP contribution is -2.12. The first-order chi connectivity index (χ1) is 11.3. The van der Waals surface area contributed by atoms with E-state index in [1.807, 2.05) is 5.38 Å². The van der Waals surface area contributed by atoms with Crippen LogP contribution in [0.4, 0.5) is 5.69 Å². The zero-order valence-corrected chi connectivity index (χ0v) is 15.0. The predicted molar refractivity (Wildman–Crippen MR) is 94.9 cm³/mol. The highest BCUT2D eigenvalue weighted by atomic mass is 32.2. The molecule has 0 saturated carbocycles. The summed E-state index contributed by atoms with van der Waals surface area (Å²) in [4.78, 5) is 13.8. The first kappa shape index (κ1) is 18.0. The van der Waals surface area contributed by atoms with E-state index < -0.39 is 16.0 Å². The quantitative estimate of drug-likeness (QED) is 0.376. The van der Waals surface area contributed by atoms with Gasteiger partial charge in [-0.2, -0.15) is 8.42 Å². The summed E-state index contributed by atoms with van der Waals surface area (Å²) in [5, 5.41) is 1.81. The Bertz CT molecular complexity index is 872. The molecule has 7 nitrogen and oxygen atoms in total. The summed E-state index contributed by atoms with van der Waals surface area (Å²) in [6.45, 7) is 0. The number of ether oxygens (including phenoxy) is 1. The van der Waals surface area contributed by atoms with Gasteiger partial charge in [-0.05, 0) is 23.6 Å². The first-order valence-corrected chi connectivity index (χ1v) is 9.11. The number of nitrogen functional groups attached to an aromatic ring is 1. The molecule has 0 atom stereocenters. The second-order valence-electron chi connectivity index (χ2n) is 5.07. The fourth-order valence-electron chi connectivity index (χ4n) is 1.97. The van der Waals surface area contributed by atoms with E-state index in [0.717, 1.165) is 0 Å². The van der Waals surface area contributed by atoms with Gasteiger partial charge in [-0.25, -0.2) is 4.79 Å². The summed E-state index contributed by atoms with van der Waals surface area (Å²) in [7, 11) is 0.463. The maximum absolute atomic E-state index is 12.6. The molecule has 1 heterocycles. The second-order valence-corrected chi connectivity index (χ2v) is 7.62. The van der Waals surface area contributed by atoms with Crippen molar-refractivity contribution >= 4 is 39.4 Å². The molecule has 24 heavy (non-hydrogen) atoms. The van der Waals surface area contributed by atoms with E-state index in [4.69, 9.17) is 5.73 Å². The summed E-state index contributed by atoms with van der Waals surface area (Å²) in [6.07, 6.45) is 1.18. The van der Waals surface area contributed by atoms with E-state index >= 15 is 0 Å². The number of hydrogen-bond donors (Lipinski definition) is 1.